The van der Waals surface area contributed by atoms with Gasteiger partial charge in [-0.15, -0.1) is 11.3 Å². The predicted molar refractivity (Wildman–Crippen MR) is 62.3 cm³/mol. The third kappa shape index (κ3) is 1.97. The molecule has 15 heavy (non-hydrogen) atoms. The van der Waals surface area contributed by atoms with Crippen LogP contribution in [0.3, 0.4) is 0 Å². The monoisotopic (exact) mass is 217 g/mol. The van der Waals surface area contributed by atoms with E-state index in [9.17, 15) is 4.79 Å². The number of hydrogen-bond donors (Lipinski definition) is 0. The highest BCUT2D eigenvalue weighted by atomic mass is 32.1. The van der Waals surface area contributed by atoms with E-state index in [4.69, 9.17) is 0 Å². The maximum Gasteiger partial charge on any atom is 0.161 e. The minimum atomic E-state index is 0.0673. The van der Waals surface area contributed by atoms with Gasteiger partial charge in [-0.25, -0.2) is 0 Å². The molecule has 0 aliphatic rings. The Morgan fingerprint density at radius 3 is 2.67 bits per heavy atom. The fourth-order valence-corrected chi connectivity index (χ4v) is 2.19. The lowest BCUT2D eigenvalue weighted by atomic mass is 10.1. The van der Waals surface area contributed by atoms with E-state index in [-0.39, 0.29) is 5.78 Å². The number of carbonyl (C=O) groups is 1. The van der Waals surface area contributed by atoms with Gasteiger partial charge >= 0.3 is 0 Å². The summed E-state index contributed by atoms with van der Waals surface area (Å²) in [5, 5.41) is 2.02. The lowest BCUT2D eigenvalue weighted by molar-refractivity contribution is 0.101. The quantitative estimate of drug-likeness (QED) is 0.722. The van der Waals surface area contributed by atoms with Crippen LogP contribution in [-0.2, 0) is 0 Å². The summed E-state index contributed by atoms with van der Waals surface area (Å²) in [6.45, 7) is 3.43. The lowest BCUT2D eigenvalue weighted by Crippen LogP contribution is -1.98. The molecule has 0 fully saturated rings. The van der Waals surface area contributed by atoms with Gasteiger partial charge in [0.2, 0.25) is 0 Å². The molecular weight excluding hydrogens is 206 g/mol. The zero-order valence-electron chi connectivity index (χ0n) is 8.65. The maximum atomic E-state index is 11.2. The summed E-state index contributed by atoms with van der Waals surface area (Å²) in [6, 6.07) is 7.77. The van der Waals surface area contributed by atoms with Crippen molar-refractivity contribution in [2.24, 2.45) is 0 Å². The van der Waals surface area contributed by atoms with Gasteiger partial charge in [0.15, 0.2) is 5.78 Å². The SMILES string of the molecule is CC(=O)c1ccc(-c2cccs2)nc1C. The molecule has 2 nitrogen and oxygen atoms in total. The molecule has 0 saturated carbocycles. The molecule has 0 aliphatic heterocycles. The Hall–Kier alpha value is -1.48. The summed E-state index contributed by atoms with van der Waals surface area (Å²) in [5.41, 5.74) is 2.44. The van der Waals surface area contributed by atoms with Gasteiger partial charge in [-0.3, -0.25) is 9.78 Å². The fraction of sp³-hybridized carbons (Fsp3) is 0.167. The first-order valence-corrected chi connectivity index (χ1v) is 5.59. The molecule has 2 rings (SSSR count). The fourth-order valence-electron chi connectivity index (χ4n) is 1.49. The Morgan fingerprint density at radius 2 is 2.13 bits per heavy atom. The van der Waals surface area contributed by atoms with E-state index in [0.29, 0.717) is 5.56 Å². The molecule has 0 amide bonds. The lowest BCUT2D eigenvalue weighted by Gasteiger charge is -2.03. The largest absolute Gasteiger partial charge is 0.294 e. The minimum Gasteiger partial charge on any atom is -0.294 e. The van der Waals surface area contributed by atoms with E-state index in [1.165, 1.54) is 0 Å². The van der Waals surface area contributed by atoms with Crippen molar-refractivity contribution in [3.05, 3.63) is 40.9 Å². The molecule has 0 N–H and O–H groups in total. The van der Waals surface area contributed by atoms with Crippen molar-refractivity contribution in [3.63, 3.8) is 0 Å². The van der Waals surface area contributed by atoms with Gasteiger partial charge in [-0.1, -0.05) is 6.07 Å². The van der Waals surface area contributed by atoms with Gasteiger partial charge in [-0.2, -0.15) is 0 Å². The van der Waals surface area contributed by atoms with Crippen molar-refractivity contribution in [2.45, 2.75) is 13.8 Å². The first-order chi connectivity index (χ1) is 7.18. The number of carbonyl (C=O) groups excluding carboxylic acids is 1. The van der Waals surface area contributed by atoms with E-state index in [1.54, 1.807) is 18.3 Å². The number of aromatic nitrogens is 1. The van der Waals surface area contributed by atoms with Crippen LogP contribution in [0.5, 0.6) is 0 Å². The van der Waals surface area contributed by atoms with Gasteiger partial charge in [0, 0.05) is 11.3 Å². The van der Waals surface area contributed by atoms with Crippen molar-refractivity contribution in [3.8, 4) is 10.6 Å². The maximum absolute atomic E-state index is 11.2. The summed E-state index contributed by atoms with van der Waals surface area (Å²) in [6.07, 6.45) is 0. The zero-order valence-corrected chi connectivity index (χ0v) is 9.47. The van der Waals surface area contributed by atoms with Crippen LogP contribution >= 0.6 is 11.3 Å². The molecule has 0 atom stereocenters. The number of aryl methyl sites for hydroxylation is 1. The van der Waals surface area contributed by atoms with E-state index in [2.05, 4.69) is 4.98 Å². The van der Waals surface area contributed by atoms with E-state index in [1.807, 2.05) is 36.6 Å². The Bertz CT molecular complexity index is 488. The molecule has 2 heterocycles. The highest BCUT2D eigenvalue weighted by Crippen LogP contribution is 2.23. The third-order valence-corrected chi connectivity index (χ3v) is 3.13. The van der Waals surface area contributed by atoms with Crippen molar-refractivity contribution in [1.29, 1.82) is 0 Å². The van der Waals surface area contributed by atoms with E-state index >= 15 is 0 Å². The Labute approximate surface area is 92.6 Å². The second-order valence-corrected chi connectivity index (χ2v) is 4.31. The minimum absolute atomic E-state index is 0.0673. The summed E-state index contributed by atoms with van der Waals surface area (Å²) in [4.78, 5) is 16.8. The topological polar surface area (TPSA) is 30.0 Å². The van der Waals surface area contributed by atoms with Crippen LogP contribution in [0.15, 0.2) is 29.6 Å². The first kappa shape index (κ1) is 10.1. The number of pyridine rings is 1. The van der Waals surface area contributed by atoms with Crippen molar-refractivity contribution in [1.82, 2.24) is 4.98 Å². The number of ketones is 1. The summed E-state index contributed by atoms with van der Waals surface area (Å²) < 4.78 is 0. The van der Waals surface area contributed by atoms with Gasteiger partial charge in [0.25, 0.3) is 0 Å². The molecule has 2 aromatic rings. The number of hydrogen-bond acceptors (Lipinski definition) is 3. The van der Waals surface area contributed by atoms with Crippen LogP contribution in [0.2, 0.25) is 0 Å². The Morgan fingerprint density at radius 1 is 1.33 bits per heavy atom. The number of rotatable bonds is 2. The number of Topliss-reactive ketones (excluding diaryl/α,β-unsaturated/α-hetero) is 1. The summed E-state index contributed by atoms with van der Waals surface area (Å²) >= 11 is 1.65. The van der Waals surface area contributed by atoms with E-state index in [0.717, 1.165) is 16.3 Å². The normalized spacial score (nSPS) is 10.3. The number of nitrogens with zero attached hydrogens (tertiary/aromatic N) is 1. The highest BCUT2D eigenvalue weighted by molar-refractivity contribution is 7.13. The summed E-state index contributed by atoms with van der Waals surface area (Å²) in [7, 11) is 0. The van der Waals surface area contributed by atoms with Crippen LogP contribution in [0.1, 0.15) is 23.0 Å². The molecule has 0 radical (unpaired) electrons. The molecule has 2 aromatic heterocycles. The smallest absolute Gasteiger partial charge is 0.161 e. The van der Waals surface area contributed by atoms with E-state index < -0.39 is 0 Å². The second-order valence-electron chi connectivity index (χ2n) is 3.36. The van der Waals surface area contributed by atoms with Crippen LogP contribution in [0.4, 0.5) is 0 Å². The Kier molecular flexibility index (Phi) is 2.64. The molecule has 0 spiro atoms. The molecule has 0 bridgehead atoms. The van der Waals surface area contributed by atoms with Crippen LogP contribution < -0.4 is 0 Å². The molecule has 0 saturated heterocycles. The van der Waals surface area contributed by atoms with Crippen molar-refractivity contribution in [2.75, 3.05) is 0 Å². The first-order valence-electron chi connectivity index (χ1n) is 4.71. The van der Waals surface area contributed by atoms with Crippen molar-refractivity contribution < 1.29 is 4.79 Å². The van der Waals surface area contributed by atoms with Gasteiger partial charge in [0.1, 0.15) is 0 Å². The van der Waals surface area contributed by atoms with Crippen molar-refractivity contribution >= 4 is 17.1 Å². The molecular formula is C12H11NOS. The highest BCUT2D eigenvalue weighted by Gasteiger charge is 2.07. The average molecular weight is 217 g/mol. The van der Waals surface area contributed by atoms with Crippen LogP contribution in [0, 0.1) is 6.92 Å². The zero-order chi connectivity index (χ0) is 10.8. The standard InChI is InChI=1S/C12H11NOS/c1-8-10(9(2)14)5-6-11(13-8)12-4-3-7-15-12/h3-7H,1-2H3. The molecule has 0 unspecified atom stereocenters. The van der Waals surface area contributed by atoms with Crippen LogP contribution in [0.25, 0.3) is 10.6 Å². The van der Waals surface area contributed by atoms with Gasteiger partial charge < -0.3 is 0 Å². The Balaban J connectivity index is 2.47. The van der Waals surface area contributed by atoms with Gasteiger partial charge in [-0.05, 0) is 37.4 Å². The third-order valence-electron chi connectivity index (χ3n) is 2.24. The molecule has 3 heteroatoms. The second kappa shape index (κ2) is 3.95. The number of thiophene rings is 1. The molecule has 0 aromatic carbocycles. The predicted octanol–water partition coefficient (Wildman–Crippen LogP) is 3.32. The molecule has 0 aliphatic carbocycles. The summed E-state index contributed by atoms with van der Waals surface area (Å²) in [5.74, 6) is 0.0673. The molecule has 76 valence electrons. The average Bonchev–Trinajstić information content (AvgIpc) is 2.69. The van der Waals surface area contributed by atoms with Gasteiger partial charge in [0.05, 0.1) is 10.6 Å². The van der Waals surface area contributed by atoms with Crippen LogP contribution in [-0.4, -0.2) is 10.8 Å².